The van der Waals surface area contributed by atoms with Gasteiger partial charge in [-0.15, -0.1) is 0 Å². The molecule has 0 amide bonds. The number of rotatable bonds is 5. The molecule has 0 aromatic heterocycles. The fraction of sp³-hybridized carbons (Fsp3) is 0.417. The lowest BCUT2D eigenvalue weighted by Crippen LogP contribution is -2.39. The first-order valence-electron chi connectivity index (χ1n) is 5.41. The number of anilines is 1. The van der Waals surface area contributed by atoms with Crippen LogP contribution < -0.4 is 4.90 Å². The van der Waals surface area contributed by atoms with E-state index in [9.17, 15) is 4.79 Å². The van der Waals surface area contributed by atoms with Gasteiger partial charge in [0.15, 0.2) is 0 Å². The second-order valence-electron chi connectivity index (χ2n) is 3.81. The molecule has 0 radical (unpaired) electrons. The van der Waals surface area contributed by atoms with Crippen LogP contribution in [0.2, 0.25) is 10.0 Å². The van der Waals surface area contributed by atoms with Crippen LogP contribution in [-0.4, -0.2) is 23.7 Å². The molecule has 5 heteroatoms. The summed E-state index contributed by atoms with van der Waals surface area (Å²) < 4.78 is 0. The zero-order chi connectivity index (χ0) is 13.0. The molecule has 3 nitrogen and oxygen atoms in total. The Hall–Kier alpha value is -0.930. The van der Waals surface area contributed by atoms with Crippen LogP contribution in [-0.2, 0) is 4.79 Å². The molecule has 17 heavy (non-hydrogen) atoms. The monoisotopic (exact) mass is 275 g/mol. The summed E-state index contributed by atoms with van der Waals surface area (Å²) in [6.07, 6.45) is 0.859. The van der Waals surface area contributed by atoms with E-state index in [4.69, 9.17) is 28.3 Å². The highest BCUT2D eigenvalue weighted by molar-refractivity contribution is 6.42. The fourth-order valence-electron chi connectivity index (χ4n) is 1.58. The maximum atomic E-state index is 11.0. The third kappa shape index (κ3) is 3.51. The molecule has 1 aromatic rings. The number of aliphatic carboxylic acids is 1. The molecule has 0 aliphatic rings. The van der Waals surface area contributed by atoms with Gasteiger partial charge in [-0.1, -0.05) is 30.1 Å². The molecule has 0 aliphatic carbocycles. The van der Waals surface area contributed by atoms with E-state index in [0.29, 0.717) is 16.6 Å². The van der Waals surface area contributed by atoms with Crippen LogP contribution in [0.3, 0.4) is 0 Å². The molecule has 0 heterocycles. The van der Waals surface area contributed by atoms with E-state index in [-0.39, 0.29) is 0 Å². The average Bonchev–Trinajstić information content (AvgIpc) is 2.29. The molecule has 1 rings (SSSR count). The molecule has 94 valence electrons. The van der Waals surface area contributed by atoms with Gasteiger partial charge in [-0.3, -0.25) is 0 Å². The smallest absolute Gasteiger partial charge is 0.326 e. The van der Waals surface area contributed by atoms with E-state index in [0.717, 1.165) is 12.1 Å². The van der Waals surface area contributed by atoms with Gasteiger partial charge >= 0.3 is 5.97 Å². The van der Waals surface area contributed by atoms with E-state index >= 15 is 0 Å². The minimum Gasteiger partial charge on any atom is -0.480 e. The number of hydrogen-bond acceptors (Lipinski definition) is 2. The molecule has 0 saturated carbocycles. The normalized spacial score (nSPS) is 12.2. The van der Waals surface area contributed by atoms with Crippen molar-refractivity contribution in [1.29, 1.82) is 0 Å². The number of carbonyl (C=O) groups is 1. The molecule has 1 atom stereocenters. The summed E-state index contributed by atoms with van der Waals surface area (Å²) in [5.74, 6) is -0.857. The molecule has 1 N–H and O–H groups in total. The van der Waals surface area contributed by atoms with Crippen LogP contribution in [0.4, 0.5) is 5.69 Å². The van der Waals surface area contributed by atoms with Gasteiger partial charge in [0.1, 0.15) is 6.04 Å². The van der Waals surface area contributed by atoms with E-state index in [1.807, 2.05) is 6.92 Å². The minimum atomic E-state index is -0.857. The summed E-state index contributed by atoms with van der Waals surface area (Å²) in [6, 6.07) is 4.56. The average molecular weight is 276 g/mol. The van der Waals surface area contributed by atoms with Crippen molar-refractivity contribution in [3.8, 4) is 0 Å². The van der Waals surface area contributed by atoms with Crippen LogP contribution >= 0.6 is 23.2 Å². The van der Waals surface area contributed by atoms with E-state index in [1.165, 1.54) is 0 Å². The van der Waals surface area contributed by atoms with Crippen molar-refractivity contribution in [3.63, 3.8) is 0 Å². The molecule has 0 fully saturated rings. The highest BCUT2D eigenvalue weighted by Crippen LogP contribution is 2.28. The second kappa shape index (κ2) is 6.12. The molecular weight excluding hydrogens is 261 g/mol. The zero-order valence-electron chi connectivity index (χ0n) is 9.78. The van der Waals surface area contributed by atoms with E-state index < -0.39 is 12.0 Å². The predicted octanol–water partition coefficient (Wildman–Crippen LogP) is 3.68. The third-order valence-electron chi connectivity index (χ3n) is 2.52. The number of halogens is 2. The molecule has 0 bridgehead atoms. The topological polar surface area (TPSA) is 40.5 Å². The van der Waals surface area contributed by atoms with Crippen molar-refractivity contribution in [3.05, 3.63) is 28.2 Å². The van der Waals surface area contributed by atoms with Gasteiger partial charge in [-0.2, -0.15) is 0 Å². The quantitative estimate of drug-likeness (QED) is 0.891. The van der Waals surface area contributed by atoms with E-state index in [2.05, 4.69) is 0 Å². The maximum absolute atomic E-state index is 11.0. The first kappa shape index (κ1) is 14.1. The predicted molar refractivity (Wildman–Crippen MR) is 71.2 cm³/mol. The maximum Gasteiger partial charge on any atom is 0.326 e. The van der Waals surface area contributed by atoms with Crippen LogP contribution in [0.5, 0.6) is 0 Å². The van der Waals surface area contributed by atoms with Crippen molar-refractivity contribution in [1.82, 2.24) is 0 Å². The van der Waals surface area contributed by atoms with Gasteiger partial charge in [0.05, 0.1) is 10.0 Å². The van der Waals surface area contributed by atoms with Crippen LogP contribution in [0.25, 0.3) is 0 Å². The van der Waals surface area contributed by atoms with E-state index in [1.54, 1.807) is 30.0 Å². The van der Waals surface area contributed by atoms with Crippen molar-refractivity contribution in [2.24, 2.45) is 0 Å². The molecular formula is C12H15Cl2NO2. The Kier molecular flexibility index (Phi) is 5.09. The zero-order valence-corrected chi connectivity index (χ0v) is 11.3. The van der Waals surface area contributed by atoms with Crippen LogP contribution in [0, 0.1) is 0 Å². The third-order valence-corrected chi connectivity index (χ3v) is 3.26. The number of carboxylic acids is 1. The summed E-state index contributed by atoms with van der Waals surface area (Å²) >= 11 is 11.8. The molecule has 0 unspecified atom stereocenters. The molecule has 1 aromatic carbocycles. The number of nitrogens with zero attached hydrogens (tertiary/aromatic N) is 1. The summed E-state index contributed by atoms with van der Waals surface area (Å²) in [5, 5.41) is 9.96. The highest BCUT2D eigenvalue weighted by Gasteiger charge is 2.20. The van der Waals surface area contributed by atoms with Gasteiger partial charge in [-0.05, 0) is 31.5 Å². The molecule has 0 saturated heterocycles. The first-order valence-corrected chi connectivity index (χ1v) is 6.17. The summed E-state index contributed by atoms with van der Waals surface area (Å²) in [4.78, 5) is 12.8. The number of benzene rings is 1. The lowest BCUT2D eigenvalue weighted by Gasteiger charge is -2.28. The SMILES string of the molecule is CCCN(c1ccc(Cl)c(Cl)c1)[C@H](C)C(=O)O. The Morgan fingerprint density at radius 3 is 2.53 bits per heavy atom. The molecule has 0 spiro atoms. The lowest BCUT2D eigenvalue weighted by atomic mass is 10.2. The van der Waals surface area contributed by atoms with Gasteiger partial charge in [0.2, 0.25) is 0 Å². The van der Waals surface area contributed by atoms with Crippen LogP contribution in [0.15, 0.2) is 18.2 Å². The van der Waals surface area contributed by atoms with Crippen molar-refractivity contribution >= 4 is 34.9 Å². The lowest BCUT2D eigenvalue weighted by molar-refractivity contribution is -0.138. The Balaban J connectivity index is 3.04. The largest absolute Gasteiger partial charge is 0.480 e. The minimum absolute atomic E-state index is 0.433. The first-order chi connectivity index (χ1) is 7.97. The summed E-state index contributed by atoms with van der Waals surface area (Å²) in [7, 11) is 0. The van der Waals surface area contributed by atoms with Crippen molar-refractivity contribution in [2.45, 2.75) is 26.3 Å². The Labute approximate surface area is 111 Å². The van der Waals surface area contributed by atoms with Gasteiger partial charge in [0.25, 0.3) is 0 Å². The Morgan fingerprint density at radius 2 is 2.06 bits per heavy atom. The van der Waals surface area contributed by atoms with Gasteiger partial charge in [0, 0.05) is 12.2 Å². The summed E-state index contributed by atoms with van der Waals surface area (Å²) in [6.45, 7) is 4.31. The summed E-state index contributed by atoms with van der Waals surface area (Å²) in [5.41, 5.74) is 0.774. The van der Waals surface area contributed by atoms with Gasteiger partial charge < -0.3 is 10.0 Å². The fourth-order valence-corrected chi connectivity index (χ4v) is 1.88. The van der Waals surface area contributed by atoms with Gasteiger partial charge in [-0.25, -0.2) is 4.79 Å². The number of carboxylic acid groups (broad SMARTS) is 1. The van der Waals surface area contributed by atoms with Crippen molar-refractivity contribution < 1.29 is 9.90 Å². The second-order valence-corrected chi connectivity index (χ2v) is 4.62. The molecule has 0 aliphatic heterocycles. The Bertz CT molecular complexity index is 409. The van der Waals surface area contributed by atoms with Crippen molar-refractivity contribution in [2.75, 3.05) is 11.4 Å². The number of hydrogen-bond donors (Lipinski definition) is 1. The Morgan fingerprint density at radius 1 is 1.41 bits per heavy atom. The highest BCUT2D eigenvalue weighted by atomic mass is 35.5. The van der Waals surface area contributed by atoms with Crippen LogP contribution in [0.1, 0.15) is 20.3 Å². The standard InChI is InChI=1S/C12H15Cl2NO2/c1-3-6-15(8(2)12(16)17)9-4-5-10(13)11(14)7-9/h4-5,7-8H,3,6H2,1-2H3,(H,16,17)/t8-/m1/s1.